The van der Waals surface area contributed by atoms with Crippen LogP contribution >= 0.6 is 0 Å². The molecule has 4 aromatic rings. The Balaban J connectivity index is 1.03. The molecule has 4 heterocycles. The standard InChI is InChI=1S/C32H33N7O3/c1-20-14-26(21-6-4-3-5-7-21)29(37(20)2)30(40)31(41)36-23-10-11-27-28(15-23)42-19-25-18-38(12-13-39(25)27)32-33-16-24(17-34-32)35-22-8-9-22/h3-7,10-11,14-17,22,25,35H,8-9,12-13,18-19H2,1-2H3,(H,36,41). The van der Waals surface area contributed by atoms with Crippen LogP contribution in [0, 0.1) is 6.92 Å². The van der Waals surface area contributed by atoms with Gasteiger partial charge in [-0.2, -0.15) is 0 Å². The smallest absolute Gasteiger partial charge is 0.298 e. The van der Waals surface area contributed by atoms with Gasteiger partial charge in [0.2, 0.25) is 5.95 Å². The van der Waals surface area contributed by atoms with Crippen LogP contribution in [-0.2, 0) is 11.8 Å². The summed E-state index contributed by atoms with van der Waals surface area (Å²) < 4.78 is 7.92. The zero-order valence-electron chi connectivity index (χ0n) is 23.7. The van der Waals surface area contributed by atoms with Crippen LogP contribution in [0.15, 0.2) is 67.0 Å². The molecule has 2 aromatic heterocycles. The number of hydrogen-bond donors (Lipinski definition) is 2. The molecule has 0 spiro atoms. The molecule has 3 aliphatic rings. The lowest BCUT2D eigenvalue weighted by atomic mass is 10.0. The first-order valence-corrected chi connectivity index (χ1v) is 14.4. The summed E-state index contributed by atoms with van der Waals surface area (Å²) in [5.41, 5.74) is 5.36. The van der Waals surface area contributed by atoms with Gasteiger partial charge < -0.3 is 29.7 Å². The Morgan fingerprint density at radius 1 is 0.976 bits per heavy atom. The van der Waals surface area contributed by atoms with Gasteiger partial charge in [0.05, 0.1) is 29.8 Å². The number of piperazine rings is 1. The van der Waals surface area contributed by atoms with E-state index < -0.39 is 11.7 Å². The zero-order valence-corrected chi connectivity index (χ0v) is 23.7. The van der Waals surface area contributed by atoms with Gasteiger partial charge in [0, 0.05) is 55.7 Å². The summed E-state index contributed by atoms with van der Waals surface area (Å²) in [6.07, 6.45) is 6.15. The van der Waals surface area contributed by atoms with Crippen molar-refractivity contribution in [2.45, 2.75) is 31.8 Å². The van der Waals surface area contributed by atoms with Crippen molar-refractivity contribution in [2.75, 3.05) is 46.7 Å². The quantitative estimate of drug-likeness (QED) is 0.254. The van der Waals surface area contributed by atoms with E-state index in [2.05, 4.69) is 30.4 Å². The first-order valence-electron chi connectivity index (χ1n) is 14.4. The van der Waals surface area contributed by atoms with Crippen molar-refractivity contribution in [3.05, 3.63) is 78.4 Å². The third-order valence-electron chi connectivity index (χ3n) is 8.29. The number of benzene rings is 2. The fraction of sp³-hybridized carbons (Fsp3) is 0.312. The molecule has 1 saturated carbocycles. The summed E-state index contributed by atoms with van der Waals surface area (Å²) in [5, 5.41) is 6.22. The van der Waals surface area contributed by atoms with Crippen LogP contribution in [0.2, 0.25) is 0 Å². The number of nitrogens with zero attached hydrogens (tertiary/aromatic N) is 5. The Morgan fingerprint density at radius 3 is 2.52 bits per heavy atom. The minimum atomic E-state index is -0.686. The number of fused-ring (bicyclic) bond motifs is 3. The van der Waals surface area contributed by atoms with Gasteiger partial charge in [-0.3, -0.25) is 9.59 Å². The van der Waals surface area contributed by atoms with Gasteiger partial charge >= 0.3 is 0 Å². The summed E-state index contributed by atoms with van der Waals surface area (Å²) in [6.45, 7) is 4.76. The SMILES string of the molecule is Cc1cc(-c2ccccc2)c(C(=O)C(=O)Nc2ccc3c(c2)OCC2CN(c4ncc(NC5CC5)cn4)CCN32)n1C. The Kier molecular flexibility index (Phi) is 6.53. The van der Waals surface area contributed by atoms with Gasteiger partial charge in [0.25, 0.3) is 11.7 Å². The Labute approximate surface area is 244 Å². The van der Waals surface area contributed by atoms with Crippen molar-refractivity contribution >= 4 is 34.7 Å². The van der Waals surface area contributed by atoms with E-state index in [1.54, 1.807) is 17.7 Å². The Morgan fingerprint density at radius 2 is 1.76 bits per heavy atom. The normalized spacial score (nSPS) is 17.6. The minimum Gasteiger partial charge on any atom is -0.489 e. The van der Waals surface area contributed by atoms with Crippen LogP contribution in [0.5, 0.6) is 5.75 Å². The summed E-state index contributed by atoms with van der Waals surface area (Å²) >= 11 is 0. The first kappa shape index (κ1) is 26.1. The number of anilines is 4. The molecule has 0 bridgehead atoms. The lowest BCUT2D eigenvalue weighted by molar-refractivity contribution is -0.112. The molecule has 1 unspecified atom stereocenters. The van der Waals surface area contributed by atoms with Gasteiger partial charge in [-0.15, -0.1) is 0 Å². The molecule has 1 atom stereocenters. The van der Waals surface area contributed by atoms with E-state index in [-0.39, 0.29) is 6.04 Å². The summed E-state index contributed by atoms with van der Waals surface area (Å²) in [6, 6.07) is 17.9. The predicted molar refractivity (Wildman–Crippen MR) is 163 cm³/mol. The second kappa shape index (κ2) is 10.5. The predicted octanol–water partition coefficient (Wildman–Crippen LogP) is 4.27. The molecule has 1 amide bonds. The van der Waals surface area contributed by atoms with Gasteiger partial charge in [0.1, 0.15) is 18.1 Å². The Bertz CT molecular complexity index is 1650. The van der Waals surface area contributed by atoms with Crippen LogP contribution < -0.4 is 25.2 Å². The van der Waals surface area contributed by atoms with E-state index in [0.29, 0.717) is 29.8 Å². The molecular formula is C32H33N7O3. The number of carbonyl (C=O) groups excluding carboxylic acids is 2. The maximum Gasteiger partial charge on any atom is 0.298 e. The van der Waals surface area contributed by atoms with Crippen molar-refractivity contribution in [1.29, 1.82) is 0 Å². The lowest BCUT2D eigenvalue weighted by Crippen LogP contribution is -2.57. The third kappa shape index (κ3) is 4.93. The third-order valence-corrected chi connectivity index (χ3v) is 8.29. The van der Waals surface area contributed by atoms with Gasteiger partial charge in [-0.1, -0.05) is 30.3 Å². The average molecular weight is 564 g/mol. The van der Waals surface area contributed by atoms with Crippen molar-refractivity contribution in [3.8, 4) is 16.9 Å². The molecule has 1 saturated heterocycles. The highest BCUT2D eigenvalue weighted by Crippen LogP contribution is 2.38. The number of hydrogen-bond acceptors (Lipinski definition) is 8. The fourth-order valence-electron chi connectivity index (χ4n) is 5.79. The van der Waals surface area contributed by atoms with E-state index in [1.807, 2.05) is 67.8 Å². The summed E-state index contributed by atoms with van der Waals surface area (Å²) in [5.74, 6) is 0.150. The van der Waals surface area contributed by atoms with Gasteiger partial charge in [0.15, 0.2) is 0 Å². The van der Waals surface area contributed by atoms with Gasteiger partial charge in [-0.25, -0.2) is 9.97 Å². The highest BCUT2D eigenvalue weighted by Gasteiger charge is 2.34. The van der Waals surface area contributed by atoms with Crippen LogP contribution in [0.25, 0.3) is 11.1 Å². The second-order valence-corrected chi connectivity index (χ2v) is 11.2. The van der Waals surface area contributed by atoms with E-state index in [0.717, 1.165) is 53.8 Å². The molecule has 0 radical (unpaired) electrons. The maximum absolute atomic E-state index is 13.4. The molecule has 2 aromatic carbocycles. The lowest BCUT2D eigenvalue weighted by Gasteiger charge is -2.45. The van der Waals surface area contributed by atoms with Crippen molar-refractivity contribution in [1.82, 2.24) is 14.5 Å². The van der Waals surface area contributed by atoms with Crippen LogP contribution in [0.1, 0.15) is 29.0 Å². The van der Waals surface area contributed by atoms with E-state index in [4.69, 9.17) is 4.74 Å². The monoisotopic (exact) mass is 563 g/mol. The number of Topliss-reactive ketones (excluding diaryl/α,β-unsaturated/α-hetero) is 1. The van der Waals surface area contributed by atoms with E-state index in [9.17, 15) is 9.59 Å². The van der Waals surface area contributed by atoms with Crippen LogP contribution in [0.3, 0.4) is 0 Å². The number of carbonyl (C=O) groups is 2. The van der Waals surface area contributed by atoms with Crippen LogP contribution in [-0.4, -0.2) is 64.6 Å². The molecule has 7 rings (SSSR count). The number of ketones is 1. The topological polar surface area (TPSA) is 105 Å². The molecule has 10 heteroatoms. The van der Waals surface area contributed by atoms with E-state index in [1.165, 1.54) is 12.8 Å². The van der Waals surface area contributed by atoms with E-state index >= 15 is 0 Å². The molecule has 10 nitrogen and oxygen atoms in total. The van der Waals surface area contributed by atoms with Crippen LogP contribution in [0.4, 0.5) is 23.0 Å². The molecular weight excluding hydrogens is 530 g/mol. The first-order chi connectivity index (χ1) is 20.4. The number of ether oxygens (including phenoxy) is 1. The van der Waals surface area contributed by atoms with Crippen molar-refractivity contribution in [3.63, 3.8) is 0 Å². The highest BCUT2D eigenvalue weighted by molar-refractivity contribution is 6.47. The second-order valence-electron chi connectivity index (χ2n) is 11.2. The molecule has 2 aliphatic heterocycles. The molecule has 1 aliphatic carbocycles. The zero-order chi connectivity index (χ0) is 28.8. The van der Waals surface area contributed by atoms with Crippen molar-refractivity contribution < 1.29 is 14.3 Å². The fourth-order valence-corrected chi connectivity index (χ4v) is 5.79. The highest BCUT2D eigenvalue weighted by atomic mass is 16.5. The number of amides is 1. The molecule has 214 valence electrons. The Hall–Kier alpha value is -4.86. The minimum absolute atomic E-state index is 0.151. The molecule has 2 fully saturated rings. The van der Waals surface area contributed by atoms with Gasteiger partial charge in [-0.05, 0) is 43.5 Å². The molecule has 2 N–H and O–H groups in total. The average Bonchev–Trinajstić information content (AvgIpc) is 3.79. The van der Waals surface area contributed by atoms with Crippen molar-refractivity contribution in [2.24, 2.45) is 7.05 Å². The number of aryl methyl sites for hydroxylation is 1. The number of rotatable bonds is 7. The summed E-state index contributed by atoms with van der Waals surface area (Å²) in [7, 11) is 1.80. The maximum atomic E-state index is 13.4. The number of aromatic nitrogens is 3. The molecule has 42 heavy (non-hydrogen) atoms. The number of nitrogens with one attached hydrogen (secondary N) is 2. The largest absolute Gasteiger partial charge is 0.489 e. The summed E-state index contributed by atoms with van der Waals surface area (Å²) in [4.78, 5) is 40.3.